The number of aromatic hydroxyl groups is 1. The first kappa shape index (κ1) is 19.7. The quantitative estimate of drug-likeness (QED) is 0.534. The van der Waals surface area contributed by atoms with Gasteiger partial charge in [0.1, 0.15) is 5.75 Å². The zero-order chi connectivity index (χ0) is 20.1. The molecule has 0 unspecified atom stereocenters. The minimum atomic E-state index is 0.203. The molecule has 1 saturated heterocycles. The van der Waals surface area contributed by atoms with E-state index in [2.05, 4.69) is 39.0 Å². The Morgan fingerprint density at radius 2 is 1.69 bits per heavy atom. The SMILES string of the molecule is Oc1c(Br)cc(Cc2ccccc2)cc1C=Nc1ccccc1N1CCOCC1. The second-order valence-corrected chi connectivity index (χ2v) is 7.88. The van der Waals surface area contributed by atoms with Crippen LogP contribution in [0.4, 0.5) is 11.4 Å². The number of aliphatic imine (C=N–C) groups is 1. The molecule has 3 aromatic rings. The molecule has 4 nitrogen and oxygen atoms in total. The van der Waals surface area contributed by atoms with Crippen LogP contribution in [0.15, 0.2) is 76.2 Å². The van der Waals surface area contributed by atoms with Gasteiger partial charge < -0.3 is 14.7 Å². The average Bonchev–Trinajstić information content (AvgIpc) is 2.77. The number of ether oxygens (including phenoxy) is 1. The number of anilines is 1. The molecule has 3 aromatic carbocycles. The second kappa shape index (κ2) is 9.25. The van der Waals surface area contributed by atoms with Gasteiger partial charge in [0.25, 0.3) is 0 Å². The van der Waals surface area contributed by atoms with Crippen LogP contribution in [0.3, 0.4) is 0 Å². The number of hydrogen-bond acceptors (Lipinski definition) is 4. The Morgan fingerprint density at radius 3 is 2.48 bits per heavy atom. The Balaban J connectivity index is 1.61. The lowest BCUT2D eigenvalue weighted by Gasteiger charge is -2.29. The van der Waals surface area contributed by atoms with Crippen molar-refractivity contribution in [2.24, 2.45) is 4.99 Å². The van der Waals surface area contributed by atoms with Crippen molar-refractivity contribution in [2.75, 3.05) is 31.2 Å². The standard InChI is InChI=1S/C24H23BrN2O2/c25-21-16-19(14-18-6-2-1-3-7-18)15-20(24(21)28)17-26-22-8-4-5-9-23(22)27-10-12-29-13-11-27/h1-9,15-17,28H,10-14H2. The summed E-state index contributed by atoms with van der Waals surface area (Å²) in [5.41, 5.74) is 5.01. The van der Waals surface area contributed by atoms with Crippen molar-refractivity contribution in [1.29, 1.82) is 0 Å². The maximum atomic E-state index is 10.5. The van der Waals surface area contributed by atoms with Gasteiger partial charge in [-0.3, -0.25) is 4.99 Å². The summed E-state index contributed by atoms with van der Waals surface area (Å²) in [6, 6.07) is 22.3. The van der Waals surface area contributed by atoms with Gasteiger partial charge in [-0.15, -0.1) is 0 Å². The first-order valence-electron chi connectivity index (χ1n) is 9.72. The Kier molecular flexibility index (Phi) is 6.27. The molecule has 0 atom stereocenters. The molecule has 0 saturated carbocycles. The number of phenolic OH excluding ortho intramolecular Hbond substituents is 1. The molecule has 1 aliphatic rings. The summed E-state index contributed by atoms with van der Waals surface area (Å²) >= 11 is 3.48. The third-order valence-corrected chi connectivity index (χ3v) is 5.58. The summed E-state index contributed by atoms with van der Waals surface area (Å²) in [5, 5.41) is 10.5. The van der Waals surface area contributed by atoms with Crippen LogP contribution in [0.5, 0.6) is 5.75 Å². The normalized spacial score (nSPS) is 14.4. The van der Waals surface area contributed by atoms with Gasteiger partial charge in [0.05, 0.1) is 29.1 Å². The molecule has 1 N–H and O–H groups in total. The molecule has 5 heteroatoms. The summed E-state index contributed by atoms with van der Waals surface area (Å²) in [7, 11) is 0. The smallest absolute Gasteiger partial charge is 0.138 e. The van der Waals surface area contributed by atoms with Gasteiger partial charge in [0.2, 0.25) is 0 Å². The molecule has 148 valence electrons. The number of phenols is 1. The lowest BCUT2D eigenvalue weighted by atomic mass is 10.0. The molecule has 0 radical (unpaired) electrons. The van der Waals surface area contributed by atoms with Gasteiger partial charge in [-0.2, -0.15) is 0 Å². The van der Waals surface area contributed by atoms with Gasteiger partial charge in [-0.1, -0.05) is 42.5 Å². The van der Waals surface area contributed by atoms with Crippen LogP contribution in [0.1, 0.15) is 16.7 Å². The van der Waals surface area contributed by atoms with E-state index in [1.54, 1.807) is 6.21 Å². The third-order valence-electron chi connectivity index (χ3n) is 4.98. The van der Waals surface area contributed by atoms with E-state index in [1.807, 2.05) is 48.5 Å². The highest BCUT2D eigenvalue weighted by atomic mass is 79.9. The monoisotopic (exact) mass is 450 g/mol. The fraction of sp³-hybridized carbons (Fsp3) is 0.208. The lowest BCUT2D eigenvalue weighted by molar-refractivity contribution is 0.123. The van der Waals surface area contributed by atoms with Crippen molar-refractivity contribution in [3.8, 4) is 5.75 Å². The number of nitrogens with zero attached hydrogens (tertiary/aromatic N) is 2. The van der Waals surface area contributed by atoms with Crippen LogP contribution in [-0.4, -0.2) is 37.6 Å². The Morgan fingerprint density at radius 1 is 0.966 bits per heavy atom. The van der Waals surface area contributed by atoms with E-state index in [9.17, 15) is 5.11 Å². The van der Waals surface area contributed by atoms with E-state index >= 15 is 0 Å². The van der Waals surface area contributed by atoms with Gasteiger partial charge in [0, 0.05) is 24.9 Å². The Labute approximate surface area is 179 Å². The van der Waals surface area contributed by atoms with Crippen LogP contribution < -0.4 is 4.90 Å². The van der Waals surface area contributed by atoms with Crippen LogP contribution in [0.2, 0.25) is 0 Å². The Hall–Kier alpha value is -2.63. The van der Waals surface area contributed by atoms with Crippen LogP contribution in [-0.2, 0) is 11.2 Å². The molecule has 1 aliphatic heterocycles. The molecular weight excluding hydrogens is 428 g/mol. The first-order chi connectivity index (χ1) is 14.2. The molecule has 0 aliphatic carbocycles. The maximum absolute atomic E-state index is 10.5. The highest BCUT2D eigenvalue weighted by molar-refractivity contribution is 9.10. The summed E-state index contributed by atoms with van der Waals surface area (Å²) in [4.78, 5) is 7.00. The van der Waals surface area contributed by atoms with Gasteiger partial charge in [-0.05, 0) is 57.7 Å². The second-order valence-electron chi connectivity index (χ2n) is 7.02. The van der Waals surface area contributed by atoms with E-state index in [0.717, 1.165) is 49.7 Å². The van der Waals surface area contributed by atoms with Crippen LogP contribution >= 0.6 is 15.9 Å². The number of para-hydroxylation sites is 2. The summed E-state index contributed by atoms with van der Waals surface area (Å²) in [6.45, 7) is 3.17. The summed E-state index contributed by atoms with van der Waals surface area (Å²) in [5.74, 6) is 0.203. The molecular formula is C24H23BrN2O2. The maximum Gasteiger partial charge on any atom is 0.138 e. The van der Waals surface area contributed by atoms with Crippen molar-refractivity contribution < 1.29 is 9.84 Å². The first-order valence-corrected chi connectivity index (χ1v) is 10.5. The lowest BCUT2D eigenvalue weighted by Crippen LogP contribution is -2.36. The van der Waals surface area contributed by atoms with Gasteiger partial charge in [0.15, 0.2) is 0 Å². The molecule has 1 fully saturated rings. The average molecular weight is 451 g/mol. The van der Waals surface area contributed by atoms with E-state index in [0.29, 0.717) is 10.0 Å². The largest absolute Gasteiger partial charge is 0.506 e. The molecule has 29 heavy (non-hydrogen) atoms. The van der Waals surface area contributed by atoms with Crippen molar-refractivity contribution in [3.05, 3.63) is 87.9 Å². The highest BCUT2D eigenvalue weighted by Crippen LogP contribution is 2.32. The number of rotatable bonds is 5. The molecule has 0 aromatic heterocycles. The zero-order valence-electron chi connectivity index (χ0n) is 16.1. The summed E-state index contributed by atoms with van der Waals surface area (Å²) in [6.07, 6.45) is 2.54. The highest BCUT2D eigenvalue weighted by Gasteiger charge is 2.14. The van der Waals surface area contributed by atoms with Crippen molar-refractivity contribution in [1.82, 2.24) is 0 Å². The van der Waals surface area contributed by atoms with Crippen LogP contribution in [0, 0.1) is 0 Å². The fourth-order valence-electron chi connectivity index (χ4n) is 3.49. The molecule has 1 heterocycles. The van der Waals surface area contributed by atoms with E-state index in [1.165, 1.54) is 5.56 Å². The predicted octanol–water partition coefficient (Wildman–Crippen LogP) is 5.33. The molecule has 4 rings (SSSR count). The number of halogens is 1. The number of benzene rings is 3. The number of hydrogen-bond donors (Lipinski definition) is 1. The van der Waals surface area contributed by atoms with E-state index in [-0.39, 0.29) is 5.75 Å². The summed E-state index contributed by atoms with van der Waals surface area (Å²) < 4.78 is 6.14. The van der Waals surface area contributed by atoms with Crippen molar-refractivity contribution in [3.63, 3.8) is 0 Å². The van der Waals surface area contributed by atoms with Crippen molar-refractivity contribution >= 4 is 33.5 Å². The van der Waals surface area contributed by atoms with Crippen molar-refractivity contribution in [2.45, 2.75) is 6.42 Å². The minimum Gasteiger partial charge on any atom is -0.506 e. The third kappa shape index (κ3) is 4.86. The van der Waals surface area contributed by atoms with Gasteiger partial charge >= 0.3 is 0 Å². The van der Waals surface area contributed by atoms with Crippen LogP contribution in [0.25, 0.3) is 0 Å². The fourth-order valence-corrected chi connectivity index (χ4v) is 4.02. The van der Waals surface area contributed by atoms with E-state index < -0.39 is 0 Å². The number of morpholine rings is 1. The predicted molar refractivity (Wildman–Crippen MR) is 122 cm³/mol. The topological polar surface area (TPSA) is 45.1 Å². The van der Waals surface area contributed by atoms with E-state index in [4.69, 9.17) is 9.73 Å². The molecule has 0 amide bonds. The minimum absolute atomic E-state index is 0.203. The Bertz CT molecular complexity index is 999. The molecule has 0 bridgehead atoms. The molecule has 0 spiro atoms. The van der Waals surface area contributed by atoms with Gasteiger partial charge in [-0.25, -0.2) is 0 Å². The zero-order valence-corrected chi connectivity index (χ0v) is 17.7.